The molecule has 0 aromatic heterocycles. The Bertz CT molecular complexity index is 1020. The summed E-state index contributed by atoms with van der Waals surface area (Å²) in [5.41, 5.74) is 1.04. The maximum atomic E-state index is 11.8. The van der Waals surface area contributed by atoms with Crippen molar-refractivity contribution in [2.45, 2.75) is 6.61 Å². The number of barbiturate groups is 1. The zero-order valence-corrected chi connectivity index (χ0v) is 17.6. The second kappa shape index (κ2) is 8.53. The summed E-state index contributed by atoms with van der Waals surface area (Å²) >= 11 is 6.76. The lowest BCUT2D eigenvalue weighted by molar-refractivity contribution is -0.384. The number of halogens is 2. The summed E-state index contributed by atoms with van der Waals surface area (Å²) in [4.78, 5) is 45.0. The van der Waals surface area contributed by atoms with Crippen molar-refractivity contribution in [1.82, 2.24) is 10.6 Å². The van der Waals surface area contributed by atoms with E-state index < -0.39 is 22.8 Å². The first-order chi connectivity index (χ1) is 13.7. The predicted molar refractivity (Wildman–Crippen MR) is 109 cm³/mol. The Labute approximate surface area is 180 Å². The quantitative estimate of drug-likeness (QED) is 0.267. The van der Waals surface area contributed by atoms with Crippen molar-refractivity contribution in [3.8, 4) is 5.75 Å². The molecule has 0 aliphatic carbocycles. The monoisotopic (exact) mass is 523 g/mol. The molecule has 1 saturated heterocycles. The molecule has 29 heavy (non-hydrogen) atoms. The average molecular weight is 525 g/mol. The first kappa shape index (κ1) is 20.7. The lowest BCUT2D eigenvalue weighted by Crippen LogP contribution is -2.51. The Kier molecular flexibility index (Phi) is 6.09. The molecule has 11 heteroatoms. The van der Waals surface area contributed by atoms with Crippen LogP contribution in [0.4, 0.5) is 10.5 Å². The molecule has 0 bridgehead atoms. The van der Waals surface area contributed by atoms with Crippen LogP contribution >= 0.6 is 31.9 Å². The van der Waals surface area contributed by atoms with Crippen LogP contribution in [-0.4, -0.2) is 22.8 Å². The van der Waals surface area contributed by atoms with E-state index in [2.05, 4.69) is 31.9 Å². The number of non-ortho nitro benzene ring substituents is 1. The molecule has 1 heterocycles. The van der Waals surface area contributed by atoms with Crippen LogP contribution in [-0.2, 0) is 16.2 Å². The van der Waals surface area contributed by atoms with Gasteiger partial charge in [0.25, 0.3) is 17.5 Å². The standard InChI is InChI=1S/C18H11Br2N3O6/c19-13-6-10(5-12-16(24)21-18(26)22-17(12)25)7-14(20)15(13)29-8-9-1-3-11(4-2-9)23(27)28/h1-7H,8H2,(H2,21,22,24,25,26). The second-order valence-corrected chi connectivity index (χ2v) is 7.53. The van der Waals surface area contributed by atoms with E-state index in [0.717, 1.165) is 5.56 Å². The van der Waals surface area contributed by atoms with E-state index in [1.807, 2.05) is 10.6 Å². The number of amides is 4. The van der Waals surface area contributed by atoms with Gasteiger partial charge in [-0.05, 0) is 73.3 Å². The average Bonchev–Trinajstić information content (AvgIpc) is 2.64. The Balaban J connectivity index is 1.78. The minimum absolute atomic E-state index is 0.00834. The van der Waals surface area contributed by atoms with Crippen molar-refractivity contribution in [2.24, 2.45) is 0 Å². The van der Waals surface area contributed by atoms with Gasteiger partial charge in [0.15, 0.2) is 0 Å². The Morgan fingerprint density at radius 2 is 1.55 bits per heavy atom. The number of nitro groups is 1. The van der Waals surface area contributed by atoms with Crippen molar-refractivity contribution in [3.05, 3.63) is 72.2 Å². The number of nitro benzene ring substituents is 1. The number of benzene rings is 2. The van der Waals surface area contributed by atoms with Gasteiger partial charge in [-0.25, -0.2) is 4.79 Å². The highest BCUT2D eigenvalue weighted by molar-refractivity contribution is 9.11. The van der Waals surface area contributed by atoms with Gasteiger partial charge in [-0.3, -0.25) is 30.3 Å². The molecular formula is C18H11Br2N3O6. The Morgan fingerprint density at radius 3 is 2.07 bits per heavy atom. The van der Waals surface area contributed by atoms with Gasteiger partial charge in [-0.2, -0.15) is 0 Å². The maximum absolute atomic E-state index is 11.8. The number of hydrogen-bond donors (Lipinski definition) is 2. The van der Waals surface area contributed by atoms with Crippen molar-refractivity contribution in [2.75, 3.05) is 0 Å². The third kappa shape index (κ3) is 4.87. The molecule has 4 amide bonds. The van der Waals surface area contributed by atoms with Gasteiger partial charge in [0.2, 0.25) is 0 Å². The number of nitrogens with one attached hydrogen (secondary N) is 2. The van der Waals surface area contributed by atoms with Gasteiger partial charge in [-0.15, -0.1) is 0 Å². The fraction of sp³-hybridized carbons (Fsp3) is 0.0556. The summed E-state index contributed by atoms with van der Waals surface area (Å²) in [5, 5.41) is 14.7. The van der Waals surface area contributed by atoms with Crippen LogP contribution in [0.1, 0.15) is 11.1 Å². The molecule has 3 rings (SSSR count). The molecule has 2 aromatic carbocycles. The Hall–Kier alpha value is -3.05. The third-order valence-electron chi connectivity index (χ3n) is 3.81. The molecule has 2 N–H and O–H groups in total. The van der Waals surface area contributed by atoms with Crippen LogP contribution < -0.4 is 15.4 Å². The fourth-order valence-electron chi connectivity index (χ4n) is 2.44. The summed E-state index contributed by atoms with van der Waals surface area (Å²) in [5.74, 6) is -1.10. The predicted octanol–water partition coefficient (Wildman–Crippen LogP) is 3.45. The maximum Gasteiger partial charge on any atom is 0.328 e. The second-order valence-electron chi connectivity index (χ2n) is 5.82. The van der Waals surface area contributed by atoms with E-state index in [1.54, 1.807) is 24.3 Å². The van der Waals surface area contributed by atoms with E-state index in [4.69, 9.17) is 4.74 Å². The number of carbonyl (C=O) groups excluding carboxylic acids is 3. The van der Waals surface area contributed by atoms with E-state index in [0.29, 0.717) is 20.3 Å². The van der Waals surface area contributed by atoms with Crippen molar-refractivity contribution in [3.63, 3.8) is 0 Å². The third-order valence-corrected chi connectivity index (χ3v) is 4.98. The van der Waals surface area contributed by atoms with Crippen LogP contribution in [0, 0.1) is 10.1 Å². The molecule has 0 saturated carbocycles. The summed E-state index contributed by atoms with van der Waals surface area (Å²) in [6.07, 6.45) is 1.34. The molecule has 2 aromatic rings. The molecule has 1 fully saturated rings. The minimum Gasteiger partial charge on any atom is -0.487 e. The van der Waals surface area contributed by atoms with Gasteiger partial charge in [0.1, 0.15) is 17.9 Å². The lowest BCUT2D eigenvalue weighted by Gasteiger charge is -2.15. The number of ether oxygens (including phenoxy) is 1. The molecule has 0 radical (unpaired) electrons. The molecule has 0 atom stereocenters. The van der Waals surface area contributed by atoms with Crippen LogP contribution in [0.3, 0.4) is 0 Å². The number of rotatable bonds is 5. The molecule has 1 aliphatic rings. The van der Waals surface area contributed by atoms with Crippen molar-refractivity contribution in [1.29, 1.82) is 0 Å². The van der Waals surface area contributed by atoms with E-state index in [1.165, 1.54) is 18.2 Å². The van der Waals surface area contributed by atoms with Gasteiger partial charge in [0.05, 0.1) is 13.9 Å². The van der Waals surface area contributed by atoms with Gasteiger partial charge in [0, 0.05) is 12.1 Å². The zero-order valence-electron chi connectivity index (χ0n) is 14.4. The number of imide groups is 2. The van der Waals surface area contributed by atoms with Gasteiger partial charge in [-0.1, -0.05) is 0 Å². The van der Waals surface area contributed by atoms with Crippen molar-refractivity contribution < 1.29 is 24.0 Å². The number of urea groups is 1. The molecule has 0 unspecified atom stereocenters. The molecular weight excluding hydrogens is 514 g/mol. The highest BCUT2D eigenvalue weighted by atomic mass is 79.9. The summed E-state index contributed by atoms with van der Waals surface area (Å²) in [6.45, 7) is 0.169. The van der Waals surface area contributed by atoms with Crippen molar-refractivity contribution >= 4 is 61.5 Å². The number of hydrogen-bond acceptors (Lipinski definition) is 6. The minimum atomic E-state index is -0.866. The Morgan fingerprint density at radius 1 is 1.00 bits per heavy atom. The van der Waals surface area contributed by atoms with Gasteiger partial charge < -0.3 is 4.74 Å². The van der Waals surface area contributed by atoms with Crippen LogP contribution in [0.15, 0.2) is 50.9 Å². The van der Waals surface area contributed by atoms with E-state index in [-0.39, 0.29) is 17.9 Å². The lowest BCUT2D eigenvalue weighted by atomic mass is 10.1. The SMILES string of the molecule is O=C1NC(=O)C(=Cc2cc(Br)c(OCc3ccc([N+](=O)[O-])cc3)c(Br)c2)C(=O)N1. The number of nitrogens with zero attached hydrogens (tertiary/aromatic N) is 1. The molecule has 9 nitrogen and oxygen atoms in total. The summed E-state index contributed by atoms with van der Waals surface area (Å²) < 4.78 is 6.87. The fourth-order valence-corrected chi connectivity index (χ4v) is 3.89. The summed E-state index contributed by atoms with van der Waals surface area (Å²) in [6, 6.07) is 8.39. The molecule has 1 aliphatic heterocycles. The first-order valence-corrected chi connectivity index (χ1v) is 9.56. The topological polar surface area (TPSA) is 128 Å². The normalized spacial score (nSPS) is 13.6. The largest absolute Gasteiger partial charge is 0.487 e. The highest BCUT2D eigenvalue weighted by Crippen LogP contribution is 2.36. The van der Waals surface area contributed by atoms with Crippen LogP contribution in [0.25, 0.3) is 6.08 Å². The smallest absolute Gasteiger partial charge is 0.328 e. The van der Waals surface area contributed by atoms with E-state index in [9.17, 15) is 24.5 Å². The highest BCUT2D eigenvalue weighted by Gasteiger charge is 2.27. The van der Waals surface area contributed by atoms with Crippen LogP contribution in [0.2, 0.25) is 0 Å². The van der Waals surface area contributed by atoms with Gasteiger partial charge >= 0.3 is 6.03 Å². The molecule has 148 valence electrons. The number of carbonyl (C=O) groups is 3. The van der Waals surface area contributed by atoms with E-state index >= 15 is 0 Å². The first-order valence-electron chi connectivity index (χ1n) is 7.98. The zero-order chi connectivity index (χ0) is 21.1. The summed E-state index contributed by atoms with van der Waals surface area (Å²) in [7, 11) is 0. The van der Waals surface area contributed by atoms with Crippen LogP contribution in [0.5, 0.6) is 5.75 Å². The molecule has 0 spiro atoms.